The lowest BCUT2D eigenvalue weighted by atomic mass is 10.1. The highest BCUT2D eigenvalue weighted by molar-refractivity contribution is 5.69. The molecule has 21 heavy (non-hydrogen) atoms. The van der Waals surface area contributed by atoms with E-state index >= 15 is 0 Å². The van der Waals surface area contributed by atoms with E-state index in [4.69, 9.17) is 18.9 Å². The summed E-state index contributed by atoms with van der Waals surface area (Å²) in [6, 6.07) is 0. The van der Waals surface area contributed by atoms with Crippen LogP contribution in [0.15, 0.2) is 0 Å². The second kappa shape index (κ2) is 9.00. The van der Waals surface area contributed by atoms with Crippen molar-refractivity contribution in [3.8, 4) is 0 Å². The first-order valence-corrected chi connectivity index (χ1v) is 7.78. The molecule has 6 heteroatoms. The van der Waals surface area contributed by atoms with Crippen molar-refractivity contribution in [1.29, 1.82) is 0 Å². The second-order valence-corrected chi connectivity index (χ2v) is 5.54. The molecule has 2 aliphatic rings. The van der Waals surface area contributed by atoms with Gasteiger partial charge in [-0.15, -0.1) is 0 Å². The Kier molecular flexibility index (Phi) is 6.95. The smallest absolute Gasteiger partial charge is 0.305 e. The molecule has 2 unspecified atom stereocenters. The fraction of sp³-hybridized carbons (Fsp3) is 0.867. The highest BCUT2D eigenvalue weighted by atomic mass is 16.6. The number of ether oxygens (including phenoxy) is 4. The maximum Gasteiger partial charge on any atom is 0.305 e. The van der Waals surface area contributed by atoms with Crippen LogP contribution < -0.4 is 0 Å². The van der Waals surface area contributed by atoms with Crippen molar-refractivity contribution in [2.45, 2.75) is 57.2 Å². The molecule has 2 aliphatic heterocycles. The Balaban J connectivity index is 1.31. The van der Waals surface area contributed by atoms with Gasteiger partial charge in [-0.25, -0.2) is 0 Å². The van der Waals surface area contributed by atoms with Crippen molar-refractivity contribution in [2.75, 3.05) is 26.4 Å². The molecular weight excluding hydrogens is 276 g/mol. The quantitative estimate of drug-likeness (QED) is 0.309. The Morgan fingerprint density at radius 3 is 1.52 bits per heavy atom. The van der Waals surface area contributed by atoms with Crippen molar-refractivity contribution in [3.05, 3.63) is 0 Å². The number of hydrogen-bond acceptors (Lipinski definition) is 6. The van der Waals surface area contributed by atoms with Crippen molar-refractivity contribution in [2.24, 2.45) is 0 Å². The first-order chi connectivity index (χ1) is 10.2. The van der Waals surface area contributed by atoms with E-state index in [1.807, 2.05) is 0 Å². The maximum atomic E-state index is 11.3. The van der Waals surface area contributed by atoms with Gasteiger partial charge in [0.2, 0.25) is 0 Å². The van der Waals surface area contributed by atoms with Gasteiger partial charge in [0, 0.05) is 12.8 Å². The molecule has 2 fully saturated rings. The van der Waals surface area contributed by atoms with Gasteiger partial charge in [0.15, 0.2) is 0 Å². The van der Waals surface area contributed by atoms with Crippen LogP contribution in [-0.2, 0) is 28.5 Å². The summed E-state index contributed by atoms with van der Waals surface area (Å²) in [5, 5.41) is 0. The lowest BCUT2D eigenvalue weighted by Gasteiger charge is -2.04. The van der Waals surface area contributed by atoms with Crippen LogP contribution in [0.1, 0.15) is 44.9 Å². The van der Waals surface area contributed by atoms with Gasteiger partial charge in [-0.1, -0.05) is 19.3 Å². The van der Waals surface area contributed by atoms with Gasteiger partial charge in [-0.05, 0) is 12.8 Å². The molecular formula is C15H24O6. The van der Waals surface area contributed by atoms with Crippen LogP contribution in [0.5, 0.6) is 0 Å². The largest absolute Gasteiger partial charge is 0.463 e. The molecule has 0 saturated carbocycles. The average molecular weight is 300 g/mol. The highest BCUT2D eigenvalue weighted by Gasteiger charge is 2.24. The molecule has 0 aromatic carbocycles. The molecule has 0 spiro atoms. The molecule has 2 rings (SSSR count). The molecule has 0 aliphatic carbocycles. The summed E-state index contributed by atoms with van der Waals surface area (Å²) in [6.45, 7) is 2.21. The fourth-order valence-corrected chi connectivity index (χ4v) is 1.91. The van der Waals surface area contributed by atoms with E-state index < -0.39 is 0 Å². The van der Waals surface area contributed by atoms with Crippen LogP contribution in [0, 0.1) is 0 Å². The summed E-state index contributed by atoms with van der Waals surface area (Å²) < 4.78 is 20.0. The van der Waals surface area contributed by atoms with Crippen LogP contribution in [0.3, 0.4) is 0 Å². The van der Waals surface area contributed by atoms with Gasteiger partial charge in [-0.3, -0.25) is 9.59 Å². The van der Waals surface area contributed by atoms with Crippen LogP contribution in [0.2, 0.25) is 0 Å². The zero-order valence-corrected chi connectivity index (χ0v) is 12.4. The highest BCUT2D eigenvalue weighted by Crippen LogP contribution is 2.12. The van der Waals surface area contributed by atoms with E-state index in [1.54, 1.807) is 0 Å². The van der Waals surface area contributed by atoms with E-state index in [2.05, 4.69) is 0 Å². The maximum absolute atomic E-state index is 11.3. The zero-order chi connectivity index (χ0) is 14.9. The van der Waals surface area contributed by atoms with Crippen LogP contribution in [-0.4, -0.2) is 50.6 Å². The summed E-state index contributed by atoms with van der Waals surface area (Å²) in [4.78, 5) is 22.7. The van der Waals surface area contributed by atoms with E-state index in [1.165, 1.54) is 0 Å². The molecule has 0 aromatic heterocycles. The van der Waals surface area contributed by atoms with Crippen molar-refractivity contribution >= 4 is 11.9 Å². The minimum Gasteiger partial charge on any atom is -0.463 e. The minimum atomic E-state index is -0.142. The van der Waals surface area contributed by atoms with Crippen LogP contribution in [0.4, 0.5) is 0 Å². The van der Waals surface area contributed by atoms with Gasteiger partial charge < -0.3 is 18.9 Å². The first-order valence-electron chi connectivity index (χ1n) is 7.78. The number of carbonyl (C=O) groups excluding carboxylic acids is 2. The Bertz CT molecular complexity index is 303. The molecule has 0 amide bonds. The monoisotopic (exact) mass is 300 g/mol. The summed E-state index contributed by atoms with van der Waals surface area (Å²) in [5.41, 5.74) is 0. The van der Waals surface area contributed by atoms with Gasteiger partial charge in [0.25, 0.3) is 0 Å². The topological polar surface area (TPSA) is 77.7 Å². The number of carbonyl (C=O) groups is 2. The Labute approximate surface area is 125 Å². The molecule has 6 nitrogen and oxygen atoms in total. The number of unbranched alkanes of at least 4 members (excludes halogenated alkanes) is 4. The summed E-state index contributed by atoms with van der Waals surface area (Å²) in [7, 11) is 0. The minimum absolute atomic E-state index is 0.139. The van der Waals surface area contributed by atoms with E-state index in [-0.39, 0.29) is 24.1 Å². The van der Waals surface area contributed by atoms with Crippen molar-refractivity contribution in [3.63, 3.8) is 0 Å². The molecule has 120 valence electrons. The molecule has 2 atom stereocenters. The molecule has 2 heterocycles. The third kappa shape index (κ3) is 8.67. The molecule has 0 bridgehead atoms. The molecule has 0 aromatic rings. The lowest BCUT2D eigenvalue weighted by Crippen LogP contribution is -2.09. The second-order valence-electron chi connectivity index (χ2n) is 5.54. The average Bonchev–Trinajstić information content (AvgIpc) is 3.36. The summed E-state index contributed by atoms with van der Waals surface area (Å²) in [6.07, 6.45) is 5.90. The Hall–Kier alpha value is -1.14. The van der Waals surface area contributed by atoms with Crippen molar-refractivity contribution in [1.82, 2.24) is 0 Å². The number of hydrogen-bond donors (Lipinski definition) is 0. The van der Waals surface area contributed by atoms with Gasteiger partial charge in [0.05, 0.1) is 13.2 Å². The van der Waals surface area contributed by atoms with E-state index in [0.717, 1.165) is 32.1 Å². The van der Waals surface area contributed by atoms with E-state index in [9.17, 15) is 9.59 Å². The third-order valence-corrected chi connectivity index (χ3v) is 3.43. The van der Waals surface area contributed by atoms with E-state index in [0.29, 0.717) is 39.3 Å². The predicted octanol–water partition coefficient (Wildman–Crippen LogP) is 1.60. The first kappa shape index (κ1) is 16.2. The Morgan fingerprint density at radius 2 is 1.14 bits per heavy atom. The number of epoxide rings is 2. The molecule has 2 saturated heterocycles. The van der Waals surface area contributed by atoms with Crippen LogP contribution in [0.25, 0.3) is 0 Å². The predicted molar refractivity (Wildman–Crippen MR) is 73.7 cm³/mol. The van der Waals surface area contributed by atoms with Gasteiger partial charge in [0.1, 0.15) is 25.4 Å². The summed E-state index contributed by atoms with van der Waals surface area (Å²) in [5.74, 6) is -0.284. The molecule has 0 N–H and O–H groups in total. The van der Waals surface area contributed by atoms with Gasteiger partial charge >= 0.3 is 11.9 Å². The Morgan fingerprint density at radius 1 is 0.762 bits per heavy atom. The van der Waals surface area contributed by atoms with Gasteiger partial charge in [-0.2, -0.15) is 0 Å². The normalized spacial score (nSPS) is 22.7. The fourth-order valence-electron chi connectivity index (χ4n) is 1.91. The number of esters is 2. The molecule has 0 radical (unpaired) electrons. The standard InChI is InChI=1S/C15H24O6/c16-14(20-10-12-8-18-12)6-4-2-1-3-5-7-15(17)21-11-13-9-19-13/h12-13H,1-11H2. The number of rotatable bonds is 12. The van der Waals surface area contributed by atoms with Crippen molar-refractivity contribution < 1.29 is 28.5 Å². The zero-order valence-electron chi connectivity index (χ0n) is 12.4. The lowest BCUT2D eigenvalue weighted by molar-refractivity contribution is -0.145. The SMILES string of the molecule is O=C(CCCCCCCC(=O)OCC1CO1)OCC1CO1. The summed E-state index contributed by atoms with van der Waals surface area (Å²) >= 11 is 0. The third-order valence-electron chi connectivity index (χ3n) is 3.43. The van der Waals surface area contributed by atoms with Crippen LogP contribution >= 0.6 is 0 Å².